The Kier molecular flexibility index (Phi) is 7.54. The summed E-state index contributed by atoms with van der Waals surface area (Å²) in [6.07, 6.45) is 8.55. The summed E-state index contributed by atoms with van der Waals surface area (Å²) in [7, 11) is 0. The Balaban J connectivity index is 1.16. The molecular weight excluding hydrogens is 432 g/mol. The molecule has 1 unspecified atom stereocenters. The fraction of sp³-hybridized carbons (Fsp3) is 0.692. The Morgan fingerprint density at radius 2 is 1.65 bits per heavy atom. The van der Waals surface area contributed by atoms with Gasteiger partial charge >= 0.3 is 0 Å². The first-order valence-corrected chi connectivity index (χ1v) is 13.1. The third-order valence-electron chi connectivity index (χ3n) is 7.91. The summed E-state index contributed by atoms with van der Waals surface area (Å²) in [5.74, 6) is 1.94. The van der Waals surface area contributed by atoms with Gasteiger partial charge in [-0.15, -0.1) is 0 Å². The van der Waals surface area contributed by atoms with Crippen molar-refractivity contribution < 1.29 is 19.1 Å². The smallest absolute Gasteiger partial charge is 0.254 e. The lowest BCUT2D eigenvalue weighted by molar-refractivity contribution is -0.129. The number of nitrogens with one attached hydrogen (secondary N) is 1. The summed E-state index contributed by atoms with van der Waals surface area (Å²) in [4.78, 5) is 33.1. The molecule has 8 heteroatoms. The molecule has 1 aliphatic carbocycles. The van der Waals surface area contributed by atoms with Gasteiger partial charge in [-0.25, -0.2) is 0 Å². The molecule has 1 aromatic rings. The standard InChI is InChI=1S/C26H38N4O4/c31-25(27-10-13-28-11-4-1-5-12-28)24(20-6-2-3-7-20)29-14-16-30(17-15-29)26(32)21-8-9-22-23(18-21)34-19-33-22/h8-9,18,20,24H,1-7,10-17,19H2,(H,27,31). The summed E-state index contributed by atoms with van der Waals surface area (Å²) in [5, 5.41) is 3.26. The van der Waals surface area contributed by atoms with Gasteiger partial charge < -0.3 is 24.6 Å². The zero-order valence-electron chi connectivity index (χ0n) is 20.2. The molecule has 2 amide bonds. The molecule has 3 aliphatic heterocycles. The highest BCUT2D eigenvalue weighted by Crippen LogP contribution is 2.33. The number of piperidine rings is 1. The number of rotatable bonds is 7. The van der Waals surface area contributed by atoms with Gasteiger partial charge in [-0.1, -0.05) is 19.3 Å². The van der Waals surface area contributed by atoms with Gasteiger partial charge in [0.05, 0.1) is 6.04 Å². The van der Waals surface area contributed by atoms with Crippen LogP contribution >= 0.6 is 0 Å². The van der Waals surface area contributed by atoms with E-state index in [2.05, 4.69) is 15.1 Å². The molecule has 1 aromatic carbocycles. The van der Waals surface area contributed by atoms with E-state index in [4.69, 9.17) is 9.47 Å². The Labute approximate surface area is 202 Å². The van der Waals surface area contributed by atoms with E-state index in [1.54, 1.807) is 18.2 Å². The van der Waals surface area contributed by atoms with Crippen molar-refractivity contribution in [2.45, 2.75) is 51.0 Å². The van der Waals surface area contributed by atoms with Crippen LogP contribution in [0.25, 0.3) is 0 Å². The summed E-state index contributed by atoms with van der Waals surface area (Å²) in [5.41, 5.74) is 0.625. The van der Waals surface area contributed by atoms with Crippen LogP contribution in [0, 0.1) is 5.92 Å². The molecule has 5 rings (SSSR count). The van der Waals surface area contributed by atoms with Gasteiger partial charge in [-0.2, -0.15) is 0 Å². The first-order chi connectivity index (χ1) is 16.7. The number of fused-ring (bicyclic) bond motifs is 1. The molecule has 2 saturated heterocycles. The maximum Gasteiger partial charge on any atom is 0.254 e. The minimum Gasteiger partial charge on any atom is -0.454 e. The van der Waals surface area contributed by atoms with E-state index in [-0.39, 0.29) is 24.6 Å². The minimum absolute atomic E-state index is 0.0151. The lowest BCUT2D eigenvalue weighted by Gasteiger charge is -2.41. The summed E-state index contributed by atoms with van der Waals surface area (Å²) in [6.45, 7) is 6.92. The van der Waals surface area contributed by atoms with Gasteiger partial charge in [0.2, 0.25) is 12.7 Å². The van der Waals surface area contributed by atoms with E-state index in [1.807, 2.05) is 4.90 Å². The molecule has 0 bridgehead atoms. The highest BCUT2D eigenvalue weighted by Gasteiger charge is 2.37. The van der Waals surface area contributed by atoms with Crippen molar-refractivity contribution >= 4 is 11.8 Å². The fourth-order valence-electron chi connectivity index (χ4n) is 5.99. The molecule has 1 saturated carbocycles. The number of carbonyl (C=O) groups is 2. The highest BCUT2D eigenvalue weighted by atomic mass is 16.7. The summed E-state index contributed by atoms with van der Waals surface area (Å²) >= 11 is 0. The van der Waals surface area contributed by atoms with E-state index >= 15 is 0 Å². The molecule has 4 aliphatic rings. The normalized spacial score (nSPS) is 22.6. The fourth-order valence-corrected chi connectivity index (χ4v) is 5.99. The van der Waals surface area contributed by atoms with E-state index in [1.165, 1.54) is 32.1 Å². The second-order valence-electron chi connectivity index (χ2n) is 10.1. The molecule has 34 heavy (non-hydrogen) atoms. The lowest BCUT2D eigenvalue weighted by Crippen LogP contribution is -2.58. The predicted molar refractivity (Wildman–Crippen MR) is 129 cm³/mol. The summed E-state index contributed by atoms with van der Waals surface area (Å²) in [6, 6.07) is 5.30. The number of carbonyl (C=O) groups excluding carboxylic acids is 2. The van der Waals surface area contributed by atoms with Crippen molar-refractivity contribution in [2.24, 2.45) is 5.92 Å². The van der Waals surface area contributed by atoms with Gasteiger partial charge in [-0.3, -0.25) is 14.5 Å². The molecular formula is C26H38N4O4. The maximum atomic E-state index is 13.3. The quantitative estimate of drug-likeness (QED) is 0.660. The van der Waals surface area contributed by atoms with Crippen LogP contribution < -0.4 is 14.8 Å². The van der Waals surface area contributed by atoms with E-state index in [9.17, 15) is 9.59 Å². The van der Waals surface area contributed by atoms with Crippen LogP contribution in [0.2, 0.25) is 0 Å². The van der Waals surface area contributed by atoms with Gasteiger partial charge in [0, 0.05) is 44.8 Å². The van der Waals surface area contributed by atoms with Gasteiger partial charge in [0.25, 0.3) is 5.91 Å². The van der Waals surface area contributed by atoms with Gasteiger partial charge in [0.15, 0.2) is 11.5 Å². The van der Waals surface area contributed by atoms with E-state index < -0.39 is 0 Å². The Morgan fingerprint density at radius 3 is 2.41 bits per heavy atom. The number of ether oxygens (including phenoxy) is 2. The van der Waals surface area contributed by atoms with Crippen LogP contribution in [0.5, 0.6) is 11.5 Å². The number of likely N-dealkylation sites (tertiary alicyclic amines) is 1. The molecule has 1 atom stereocenters. The number of amides is 2. The van der Waals surface area contributed by atoms with E-state index in [0.717, 1.165) is 52.1 Å². The van der Waals surface area contributed by atoms with Crippen LogP contribution in [0.3, 0.4) is 0 Å². The van der Waals surface area contributed by atoms with Crippen molar-refractivity contribution in [3.63, 3.8) is 0 Å². The topological polar surface area (TPSA) is 74.4 Å². The molecule has 8 nitrogen and oxygen atoms in total. The molecule has 0 radical (unpaired) electrons. The lowest BCUT2D eigenvalue weighted by atomic mass is 9.95. The van der Waals surface area contributed by atoms with Crippen molar-refractivity contribution in [3.8, 4) is 11.5 Å². The number of hydrogen-bond acceptors (Lipinski definition) is 6. The SMILES string of the molecule is O=C(NCCN1CCCCC1)C(C1CCCC1)N1CCN(C(=O)c2ccc3c(c2)OCO3)CC1. The molecule has 0 aromatic heterocycles. The third-order valence-corrected chi connectivity index (χ3v) is 7.91. The van der Waals surface area contributed by atoms with Gasteiger partial charge in [0.1, 0.15) is 0 Å². The number of benzene rings is 1. The Bertz CT molecular complexity index is 858. The van der Waals surface area contributed by atoms with Crippen LogP contribution in [0.4, 0.5) is 0 Å². The molecule has 1 N–H and O–H groups in total. The van der Waals surface area contributed by atoms with E-state index in [0.29, 0.717) is 36.1 Å². The van der Waals surface area contributed by atoms with Crippen molar-refractivity contribution in [1.82, 2.24) is 20.0 Å². The minimum atomic E-state index is -0.0772. The van der Waals surface area contributed by atoms with Crippen LogP contribution in [0.15, 0.2) is 18.2 Å². The Morgan fingerprint density at radius 1 is 0.912 bits per heavy atom. The summed E-state index contributed by atoms with van der Waals surface area (Å²) < 4.78 is 10.8. The average molecular weight is 471 g/mol. The van der Waals surface area contributed by atoms with Crippen molar-refractivity contribution in [2.75, 3.05) is 59.2 Å². The monoisotopic (exact) mass is 470 g/mol. The van der Waals surface area contributed by atoms with Crippen molar-refractivity contribution in [3.05, 3.63) is 23.8 Å². The second-order valence-corrected chi connectivity index (χ2v) is 10.1. The zero-order chi connectivity index (χ0) is 23.3. The molecule has 0 spiro atoms. The number of hydrogen-bond donors (Lipinski definition) is 1. The third kappa shape index (κ3) is 5.33. The van der Waals surface area contributed by atoms with Crippen LogP contribution in [-0.2, 0) is 4.79 Å². The largest absolute Gasteiger partial charge is 0.454 e. The highest BCUT2D eigenvalue weighted by molar-refractivity contribution is 5.95. The number of piperazine rings is 1. The zero-order valence-corrected chi connectivity index (χ0v) is 20.2. The molecule has 3 heterocycles. The Hall–Kier alpha value is -2.32. The first kappa shape index (κ1) is 23.4. The predicted octanol–water partition coefficient (Wildman–Crippen LogP) is 2.33. The maximum absolute atomic E-state index is 13.3. The first-order valence-electron chi connectivity index (χ1n) is 13.1. The second kappa shape index (κ2) is 11.0. The molecule has 186 valence electrons. The average Bonchev–Trinajstić information content (AvgIpc) is 3.57. The van der Waals surface area contributed by atoms with Crippen LogP contribution in [-0.4, -0.2) is 91.7 Å². The van der Waals surface area contributed by atoms with Gasteiger partial charge in [-0.05, 0) is 62.9 Å². The van der Waals surface area contributed by atoms with Crippen molar-refractivity contribution in [1.29, 1.82) is 0 Å². The molecule has 3 fully saturated rings. The number of nitrogens with zero attached hydrogens (tertiary/aromatic N) is 3. The van der Waals surface area contributed by atoms with Crippen LogP contribution in [0.1, 0.15) is 55.3 Å².